The first-order chi connectivity index (χ1) is 10.3. The fraction of sp³-hybridized carbons (Fsp3) is 0.429. The summed E-state index contributed by atoms with van der Waals surface area (Å²) in [6.07, 6.45) is 0.491. The number of rotatable bonds is 8. The highest BCUT2D eigenvalue weighted by Gasteiger charge is 2.26. The van der Waals surface area contributed by atoms with E-state index < -0.39 is 34.3 Å². The molecule has 0 bridgehead atoms. The Morgan fingerprint density at radius 1 is 1.27 bits per heavy atom. The molecule has 0 aliphatic carbocycles. The van der Waals surface area contributed by atoms with Crippen molar-refractivity contribution >= 4 is 22.0 Å². The maximum atomic E-state index is 12.4. The minimum absolute atomic E-state index is 0.106. The van der Waals surface area contributed by atoms with Gasteiger partial charge in [-0.25, -0.2) is 13.2 Å². The summed E-state index contributed by atoms with van der Waals surface area (Å²) < 4.78 is 30.3. The third kappa shape index (κ3) is 4.81. The van der Waals surface area contributed by atoms with Crippen LogP contribution in [0, 0.1) is 0 Å². The molecule has 0 fully saturated rings. The van der Waals surface area contributed by atoms with Crippen LogP contribution in [-0.2, 0) is 25.3 Å². The molecule has 0 unspecified atom stereocenters. The van der Waals surface area contributed by atoms with Crippen molar-refractivity contribution in [2.75, 3.05) is 20.2 Å². The Morgan fingerprint density at radius 3 is 2.45 bits per heavy atom. The van der Waals surface area contributed by atoms with Crippen LogP contribution in [0.4, 0.5) is 0 Å². The zero-order valence-corrected chi connectivity index (χ0v) is 13.3. The summed E-state index contributed by atoms with van der Waals surface area (Å²) >= 11 is 0. The molecule has 0 aliphatic rings. The molecule has 7 nitrogen and oxygen atoms in total. The minimum Gasteiger partial charge on any atom is -0.480 e. The van der Waals surface area contributed by atoms with E-state index in [4.69, 9.17) is 5.11 Å². The summed E-state index contributed by atoms with van der Waals surface area (Å²) in [4.78, 5) is 22.5. The Bertz CT molecular complexity index is 640. The molecule has 1 aromatic carbocycles. The monoisotopic (exact) mass is 329 g/mol. The molecule has 1 rings (SSSR count). The SMILES string of the molecule is CCCN(CC(=O)O)S(=O)(=O)Cc1ccccc1C(=O)OC. The molecule has 0 radical (unpaired) electrons. The van der Waals surface area contributed by atoms with Crippen LogP contribution in [-0.4, -0.2) is 50.0 Å². The van der Waals surface area contributed by atoms with Crippen LogP contribution in [0.2, 0.25) is 0 Å². The second-order valence-electron chi connectivity index (χ2n) is 4.63. The molecule has 0 aliphatic heterocycles. The number of carboxylic acid groups (broad SMARTS) is 1. The molecule has 0 spiro atoms. The van der Waals surface area contributed by atoms with Gasteiger partial charge in [-0.05, 0) is 18.1 Å². The predicted molar refractivity (Wildman–Crippen MR) is 79.9 cm³/mol. The van der Waals surface area contributed by atoms with E-state index in [1.54, 1.807) is 19.1 Å². The van der Waals surface area contributed by atoms with Crippen molar-refractivity contribution in [3.63, 3.8) is 0 Å². The smallest absolute Gasteiger partial charge is 0.338 e. The molecule has 0 atom stereocenters. The maximum Gasteiger partial charge on any atom is 0.338 e. The van der Waals surface area contributed by atoms with Gasteiger partial charge in [-0.15, -0.1) is 0 Å². The number of aliphatic carboxylic acids is 1. The number of carbonyl (C=O) groups is 2. The average molecular weight is 329 g/mol. The highest BCUT2D eigenvalue weighted by atomic mass is 32.2. The van der Waals surface area contributed by atoms with Crippen LogP contribution in [0.25, 0.3) is 0 Å². The molecule has 22 heavy (non-hydrogen) atoms. The van der Waals surface area contributed by atoms with E-state index in [1.165, 1.54) is 19.2 Å². The number of ether oxygens (including phenoxy) is 1. The van der Waals surface area contributed by atoms with Gasteiger partial charge in [0.2, 0.25) is 10.0 Å². The lowest BCUT2D eigenvalue weighted by atomic mass is 10.1. The van der Waals surface area contributed by atoms with E-state index >= 15 is 0 Å². The lowest BCUT2D eigenvalue weighted by molar-refractivity contribution is -0.137. The van der Waals surface area contributed by atoms with Gasteiger partial charge in [0.1, 0.15) is 6.54 Å². The molecule has 0 aromatic heterocycles. The second kappa shape index (κ2) is 7.90. The number of sulfonamides is 1. The van der Waals surface area contributed by atoms with E-state index in [2.05, 4.69) is 4.74 Å². The van der Waals surface area contributed by atoms with E-state index in [0.29, 0.717) is 6.42 Å². The molecule has 1 N–H and O–H groups in total. The first-order valence-corrected chi connectivity index (χ1v) is 8.28. The van der Waals surface area contributed by atoms with E-state index in [9.17, 15) is 18.0 Å². The molecule has 1 aromatic rings. The van der Waals surface area contributed by atoms with Gasteiger partial charge in [0.25, 0.3) is 0 Å². The maximum absolute atomic E-state index is 12.4. The van der Waals surface area contributed by atoms with E-state index in [-0.39, 0.29) is 17.7 Å². The van der Waals surface area contributed by atoms with Crippen LogP contribution in [0.1, 0.15) is 29.3 Å². The summed E-state index contributed by atoms with van der Waals surface area (Å²) in [7, 11) is -2.64. The highest BCUT2D eigenvalue weighted by molar-refractivity contribution is 7.88. The summed E-state index contributed by atoms with van der Waals surface area (Å²) in [6.45, 7) is 1.26. The van der Waals surface area contributed by atoms with Crippen LogP contribution in [0.15, 0.2) is 24.3 Å². The van der Waals surface area contributed by atoms with Gasteiger partial charge in [-0.2, -0.15) is 4.31 Å². The van der Waals surface area contributed by atoms with Crippen molar-refractivity contribution in [1.82, 2.24) is 4.31 Å². The first kappa shape index (κ1) is 18.1. The zero-order valence-electron chi connectivity index (χ0n) is 12.5. The molecule has 0 heterocycles. The van der Waals surface area contributed by atoms with Gasteiger partial charge in [0.15, 0.2) is 0 Å². The van der Waals surface area contributed by atoms with Gasteiger partial charge >= 0.3 is 11.9 Å². The normalized spacial score (nSPS) is 11.4. The van der Waals surface area contributed by atoms with Crippen molar-refractivity contribution in [1.29, 1.82) is 0 Å². The second-order valence-corrected chi connectivity index (χ2v) is 6.60. The number of esters is 1. The van der Waals surface area contributed by atoms with Crippen molar-refractivity contribution in [3.8, 4) is 0 Å². The number of nitrogens with zero attached hydrogens (tertiary/aromatic N) is 1. The number of benzene rings is 1. The molecule has 0 amide bonds. The zero-order chi connectivity index (χ0) is 16.8. The molecule has 8 heteroatoms. The molecular formula is C14H19NO6S. The van der Waals surface area contributed by atoms with Crippen molar-refractivity contribution in [2.45, 2.75) is 19.1 Å². The fourth-order valence-corrected chi connectivity index (χ4v) is 3.56. The van der Waals surface area contributed by atoms with Crippen LogP contribution >= 0.6 is 0 Å². The number of hydrogen-bond donors (Lipinski definition) is 1. The molecule has 122 valence electrons. The minimum atomic E-state index is -3.85. The van der Waals surface area contributed by atoms with Gasteiger partial charge < -0.3 is 9.84 Å². The quantitative estimate of drug-likeness (QED) is 0.717. The molecule has 0 saturated carbocycles. The van der Waals surface area contributed by atoms with Crippen molar-refractivity contribution < 1.29 is 27.9 Å². The van der Waals surface area contributed by atoms with Gasteiger partial charge in [-0.1, -0.05) is 25.1 Å². The predicted octanol–water partition coefficient (Wildman–Crippen LogP) is 1.10. The van der Waals surface area contributed by atoms with Crippen LogP contribution < -0.4 is 0 Å². The summed E-state index contributed by atoms with van der Waals surface area (Å²) in [5, 5.41) is 8.84. The summed E-state index contributed by atoms with van der Waals surface area (Å²) in [6, 6.07) is 6.19. The van der Waals surface area contributed by atoms with Crippen molar-refractivity contribution in [2.24, 2.45) is 0 Å². The topological polar surface area (TPSA) is 101 Å². The summed E-state index contributed by atoms with van der Waals surface area (Å²) in [5.74, 6) is -2.31. The Balaban J connectivity index is 3.10. The number of methoxy groups -OCH3 is 1. The standard InChI is InChI=1S/C14H19NO6S/c1-3-8-15(9-13(16)17)22(19,20)10-11-6-4-5-7-12(11)14(18)21-2/h4-7H,3,8-10H2,1-2H3,(H,16,17). The third-order valence-electron chi connectivity index (χ3n) is 2.94. The van der Waals surface area contributed by atoms with Crippen LogP contribution in [0.5, 0.6) is 0 Å². The van der Waals surface area contributed by atoms with Gasteiger partial charge in [0, 0.05) is 6.54 Å². The lowest BCUT2D eigenvalue weighted by Crippen LogP contribution is -2.37. The Hall–Kier alpha value is -1.93. The fourth-order valence-electron chi connectivity index (χ4n) is 1.96. The van der Waals surface area contributed by atoms with Gasteiger partial charge in [-0.3, -0.25) is 4.79 Å². The average Bonchev–Trinajstić information content (AvgIpc) is 2.45. The van der Waals surface area contributed by atoms with Gasteiger partial charge in [0.05, 0.1) is 18.4 Å². The lowest BCUT2D eigenvalue weighted by Gasteiger charge is -2.20. The highest BCUT2D eigenvalue weighted by Crippen LogP contribution is 2.16. The Kier molecular flexibility index (Phi) is 6.51. The number of hydrogen-bond acceptors (Lipinski definition) is 5. The first-order valence-electron chi connectivity index (χ1n) is 6.67. The van der Waals surface area contributed by atoms with Crippen LogP contribution in [0.3, 0.4) is 0 Å². The number of carbonyl (C=O) groups excluding carboxylic acids is 1. The molecule has 0 saturated heterocycles. The van der Waals surface area contributed by atoms with E-state index in [1.807, 2.05) is 0 Å². The Morgan fingerprint density at radius 2 is 1.91 bits per heavy atom. The molecular weight excluding hydrogens is 310 g/mol. The number of carboxylic acids is 1. The Labute approximate surface area is 129 Å². The van der Waals surface area contributed by atoms with E-state index in [0.717, 1.165) is 4.31 Å². The summed E-state index contributed by atoms with van der Waals surface area (Å²) in [5.41, 5.74) is 0.432. The third-order valence-corrected chi connectivity index (χ3v) is 4.71. The largest absolute Gasteiger partial charge is 0.480 e. The van der Waals surface area contributed by atoms with Crippen molar-refractivity contribution in [3.05, 3.63) is 35.4 Å².